The molecule has 0 fully saturated rings. The van der Waals surface area contributed by atoms with Gasteiger partial charge in [0.05, 0.1) is 0 Å². The van der Waals surface area contributed by atoms with E-state index >= 15 is 0 Å². The van der Waals surface area contributed by atoms with Gasteiger partial charge in [0, 0.05) is 17.1 Å². The minimum atomic E-state index is -8.66. The minimum Gasteiger partial charge on any atom is -0.259 e. The lowest BCUT2D eigenvalue weighted by atomic mass is 9.88. The molecule has 2 unspecified atom stereocenters. The Hall–Kier alpha value is -1.04. The first-order valence-corrected chi connectivity index (χ1v) is 8.80. The Morgan fingerprint density at radius 1 is 0.548 bits per heavy atom. The summed E-state index contributed by atoms with van der Waals surface area (Å²) in [6.07, 6.45) is -9.10. The van der Waals surface area contributed by atoms with E-state index in [1.54, 1.807) is 0 Å². The van der Waals surface area contributed by atoms with Crippen molar-refractivity contribution < 1.29 is 78.8 Å². The monoisotopic (exact) mass is 524 g/mol. The molecule has 0 aliphatic heterocycles. The van der Waals surface area contributed by atoms with E-state index in [9.17, 15) is 78.8 Å². The fraction of sp³-hybridized carbons (Fsp3) is 1.00. The molecule has 0 amide bonds. The molecule has 0 radical (unpaired) electrons. The van der Waals surface area contributed by atoms with Crippen LogP contribution in [-0.4, -0.2) is 63.3 Å². The van der Waals surface area contributed by atoms with Crippen LogP contribution < -0.4 is 0 Å². The first-order chi connectivity index (χ1) is 13.1. The Balaban J connectivity index is 6.86. The molecule has 0 saturated carbocycles. The summed E-state index contributed by atoms with van der Waals surface area (Å²) >= 11 is 0. The molecule has 19 heteroatoms. The molecular weight excluding hydrogens is 515 g/mol. The molecule has 1 nitrogen and oxygen atoms in total. The van der Waals surface area contributed by atoms with Crippen LogP contribution in [0.3, 0.4) is 0 Å². The van der Waals surface area contributed by atoms with Gasteiger partial charge in [-0.3, -0.25) is 4.21 Å². The fourth-order valence-electron chi connectivity index (χ4n) is 2.08. The minimum absolute atomic E-state index is 0.154. The fourth-order valence-corrected chi connectivity index (χ4v) is 3.11. The molecule has 31 heavy (non-hydrogen) atoms. The predicted molar refractivity (Wildman–Crippen MR) is 68.8 cm³/mol. The van der Waals surface area contributed by atoms with Gasteiger partial charge in [-0.1, -0.05) is 6.92 Å². The molecule has 0 bridgehead atoms. The van der Waals surface area contributed by atoms with Crippen LogP contribution in [0.2, 0.25) is 0 Å². The van der Waals surface area contributed by atoms with Gasteiger partial charge < -0.3 is 0 Å². The number of alkyl halides is 17. The second-order valence-corrected chi connectivity index (χ2v) is 7.53. The highest BCUT2D eigenvalue weighted by molar-refractivity contribution is 7.85. The average Bonchev–Trinajstić information content (AvgIpc) is 2.52. The van der Waals surface area contributed by atoms with Gasteiger partial charge in [-0.05, 0) is 6.42 Å². The van der Waals surface area contributed by atoms with E-state index in [4.69, 9.17) is 0 Å². The van der Waals surface area contributed by atoms with E-state index in [0.717, 1.165) is 0 Å². The smallest absolute Gasteiger partial charge is 0.259 e. The Kier molecular flexibility index (Phi) is 7.51. The zero-order chi connectivity index (χ0) is 25.9. The van der Waals surface area contributed by atoms with Crippen molar-refractivity contribution in [1.29, 1.82) is 0 Å². The Morgan fingerprint density at radius 3 is 1.03 bits per heavy atom. The molecule has 0 aromatic carbocycles. The lowest BCUT2D eigenvalue weighted by Crippen LogP contribution is -2.75. The zero-order valence-corrected chi connectivity index (χ0v) is 15.3. The summed E-state index contributed by atoms with van der Waals surface area (Å²) in [5.74, 6) is -56.8. The van der Waals surface area contributed by atoms with Crippen molar-refractivity contribution in [3.05, 3.63) is 0 Å². The standard InChI is InChI=1S/C12H9F17OS/c1-3-4(31(2)30)5(13,14)6(15,16)7(17,18)8(19,20)9(21,22)10(23,24)11(25,26)12(27,28)29/h4H,3H2,1-2H3. The van der Waals surface area contributed by atoms with Crippen LogP contribution in [0.5, 0.6) is 0 Å². The molecule has 0 spiro atoms. The molecular formula is C12H9F17OS. The normalized spacial score (nSPS) is 18.2. The molecule has 0 N–H and O–H groups in total. The van der Waals surface area contributed by atoms with Crippen LogP contribution in [0.25, 0.3) is 0 Å². The van der Waals surface area contributed by atoms with Crippen molar-refractivity contribution in [3.8, 4) is 0 Å². The van der Waals surface area contributed by atoms with E-state index in [1.807, 2.05) is 0 Å². The van der Waals surface area contributed by atoms with Gasteiger partial charge in [-0.15, -0.1) is 0 Å². The number of halogens is 17. The number of hydrogen-bond acceptors (Lipinski definition) is 1. The van der Waals surface area contributed by atoms with Crippen LogP contribution in [0, 0.1) is 0 Å². The van der Waals surface area contributed by atoms with Crippen molar-refractivity contribution >= 4 is 10.8 Å². The van der Waals surface area contributed by atoms with Gasteiger partial charge in [0.1, 0.15) is 5.25 Å². The molecule has 0 rings (SSSR count). The van der Waals surface area contributed by atoms with E-state index in [1.165, 1.54) is 0 Å². The lowest BCUT2D eigenvalue weighted by molar-refractivity contribution is -0.461. The van der Waals surface area contributed by atoms with Crippen molar-refractivity contribution in [2.24, 2.45) is 0 Å². The van der Waals surface area contributed by atoms with E-state index in [-0.39, 0.29) is 6.26 Å². The molecule has 0 saturated heterocycles. The van der Waals surface area contributed by atoms with Gasteiger partial charge >= 0.3 is 47.6 Å². The summed E-state index contributed by atoms with van der Waals surface area (Å²) in [4.78, 5) is 0. The first-order valence-electron chi connectivity index (χ1n) is 7.18. The molecule has 0 aliphatic carbocycles. The highest BCUT2D eigenvalue weighted by atomic mass is 32.2. The average molecular weight is 524 g/mol. The Bertz CT molecular complexity index is 679. The zero-order valence-electron chi connectivity index (χ0n) is 14.5. The van der Waals surface area contributed by atoms with Crippen LogP contribution >= 0.6 is 0 Å². The second-order valence-electron chi connectivity index (χ2n) is 5.96. The van der Waals surface area contributed by atoms with Gasteiger partial charge in [-0.2, -0.15) is 74.6 Å². The highest BCUT2D eigenvalue weighted by Gasteiger charge is 2.95. The summed E-state index contributed by atoms with van der Waals surface area (Å²) in [6.45, 7) is 0.457. The van der Waals surface area contributed by atoms with Crippen LogP contribution in [-0.2, 0) is 10.8 Å². The van der Waals surface area contributed by atoms with Gasteiger partial charge in [-0.25, -0.2) is 0 Å². The molecule has 0 aromatic rings. The Morgan fingerprint density at radius 2 is 0.806 bits per heavy atom. The molecule has 0 heterocycles. The second kappa shape index (κ2) is 7.78. The SMILES string of the molecule is CCC(S(C)=O)C(F)(F)C(F)(F)C(F)(F)C(F)(F)C(F)(F)C(F)(F)C(F)(F)C(F)(F)F. The van der Waals surface area contributed by atoms with Crippen molar-refractivity contribution in [1.82, 2.24) is 0 Å². The predicted octanol–water partition coefficient (Wildman–Crippen LogP) is 6.15. The third kappa shape index (κ3) is 3.85. The molecule has 0 aliphatic rings. The molecule has 0 aromatic heterocycles. The maximum Gasteiger partial charge on any atom is 0.460 e. The summed E-state index contributed by atoms with van der Waals surface area (Å²) in [7, 11) is -3.26. The lowest BCUT2D eigenvalue weighted by Gasteiger charge is -2.43. The van der Waals surface area contributed by atoms with Crippen molar-refractivity contribution in [3.63, 3.8) is 0 Å². The van der Waals surface area contributed by atoms with E-state index < -0.39 is 70.1 Å². The van der Waals surface area contributed by atoms with E-state index in [0.29, 0.717) is 6.92 Å². The molecule has 188 valence electrons. The summed E-state index contributed by atoms with van der Waals surface area (Å²) in [5.41, 5.74) is 0. The van der Waals surface area contributed by atoms with Crippen molar-refractivity contribution in [2.45, 2.75) is 66.2 Å². The largest absolute Gasteiger partial charge is 0.460 e. The maximum absolute atomic E-state index is 13.7. The van der Waals surface area contributed by atoms with Gasteiger partial charge in [0.15, 0.2) is 0 Å². The quantitative estimate of drug-likeness (QED) is 0.331. The highest BCUT2D eigenvalue weighted by Crippen LogP contribution is 2.64. The number of rotatable bonds is 9. The van der Waals surface area contributed by atoms with E-state index in [2.05, 4.69) is 0 Å². The summed E-state index contributed by atoms with van der Waals surface area (Å²) in [5, 5.41) is -3.48. The van der Waals surface area contributed by atoms with Crippen LogP contribution in [0.15, 0.2) is 0 Å². The summed E-state index contributed by atoms with van der Waals surface area (Å²) in [6, 6.07) is 0. The first kappa shape index (κ1) is 30.0. The number of hydrogen-bond donors (Lipinski definition) is 0. The Labute approximate surface area is 163 Å². The van der Waals surface area contributed by atoms with Crippen LogP contribution in [0.1, 0.15) is 13.3 Å². The van der Waals surface area contributed by atoms with Gasteiger partial charge in [0.2, 0.25) is 0 Å². The van der Waals surface area contributed by atoms with Crippen molar-refractivity contribution in [2.75, 3.05) is 6.26 Å². The summed E-state index contributed by atoms with van der Waals surface area (Å²) < 4.78 is 233. The third-order valence-corrected chi connectivity index (χ3v) is 5.35. The van der Waals surface area contributed by atoms with Crippen LogP contribution in [0.4, 0.5) is 74.6 Å². The maximum atomic E-state index is 13.7. The molecule has 2 atom stereocenters. The topological polar surface area (TPSA) is 17.1 Å². The van der Waals surface area contributed by atoms with Gasteiger partial charge in [0.25, 0.3) is 0 Å². The third-order valence-electron chi connectivity index (χ3n) is 3.92.